The lowest BCUT2D eigenvalue weighted by molar-refractivity contribution is 0.566. The summed E-state index contributed by atoms with van der Waals surface area (Å²) >= 11 is 1.45. The highest BCUT2D eigenvalue weighted by Crippen LogP contribution is 2.20. The van der Waals surface area contributed by atoms with Crippen LogP contribution in [0.2, 0.25) is 0 Å². The molecule has 6 nitrogen and oxygen atoms in total. The number of nitrogens with one attached hydrogen (secondary N) is 3. The molecule has 0 amide bonds. The summed E-state index contributed by atoms with van der Waals surface area (Å²) in [5, 5.41) is 5.63. The van der Waals surface area contributed by atoms with Gasteiger partial charge in [0.25, 0.3) is 0 Å². The van der Waals surface area contributed by atoms with Crippen LogP contribution in [0.4, 0.5) is 0 Å². The highest BCUT2D eigenvalue weighted by Gasteiger charge is 2.21. The number of rotatable bonds is 6. The maximum Gasteiger partial charge on any atom is 0.242 e. The van der Waals surface area contributed by atoms with Crippen molar-refractivity contribution in [3.05, 3.63) is 34.0 Å². The van der Waals surface area contributed by atoms with E-state index in [2.05, 4.69) is 20.0 Å². The molecule has 0 fully saturated rings. The Balaban J connectivity index is 2.13. The highest BCUT2D eigenvalue weighted by atomic mass is 32.2. The third kappa shape index (κ3) is 3.45. The molecule has 0 aromatic carbocycles. The van der Waals surface area contributed by atoms with Gasteiger partial charge in [-0.05, 0) is 27.0 Å². The van der Waals surface area contributed by atoms with Gasteiger partial charge in [0.15, 0.2) is 0 Å². The molecule has 2 aromatic heterocycles. The largest absolute Gasteiger partial charge is 0.363 e. The summed E-state index contributed by atoms with van der Waals surface area (Å²) in [7, 11) is -1.73. The van der Waals surface area contributed by atoms with Crippen molar-refractivity contribution in [2.75, 3.05) is 7.05 Å². The molecule has 0 spiro atoms. The number of aromatic nitrogens is 2. The van der Waals surface area contributed by atoms with E-state index in [0.29, 0.717) is 6.54 Å². The molecule has 8 heteroatoms. The fourth-order valence-corrected chi connectivity index (χ4v) is 3.89. The van der Waals surface area contributed by atoms with E-state index in [4.69, 9.17) is 0 Å². The van der Waals surface area contributed by atoms with Crippen molar-refractivity contribution < 1.29 is 8.42 Å². The van der Waals surface area contributed by atoms with Crippen LogP contribution in [0.5, 0.6) is 0 Å². The summed E-state index contributed by atoms with van der Waals surface area (Å²) in [6.45, 7) is 4.27. The lowest BCUT2D eigenvalue weighted by Gasteiger charge is -2.10. The molecule has 0 bridgehead atoms. The quantitative estimate of drug-likeness (QED) is 0.755. The average molecular weight is 314 g/mol. The zero-order valence-electron chi connectivity index (χ0n) is 11.6. The minimum absolute atomic E-state index is 0.239. The third-order valence-electron chi connectivity index (χ3n) is 2.73. The standard InChI is InChI=1S/C12H18N4O2S2/c1-8-7-19-12(15-8)9(2)16-20(17,18)11-4-10(5-13-3)14-6-11/h4,6-7,9,13-14,16H,5H2,1-3H3. The van der Waals surface area contributed by atoms with E-state index in [1.807, 2.05) is 12.3 Å². The molecule has 1 atom stereocenters. The Morgan fingerprint density at radius 2 is 2.25 bits per heavy atom. The van der Waals surface area contributed by atoms with Crippen molar-refractivity contribution >= 4 is 21.4 Å². The van der Waals surface area contributed by atoms with Gasteiger partial charge in [0.2, 0.25) is 10.0 Å². The topological polar surface area (TPSA) is 86.9 Å². The molecule has 20 heavy (non-hydrogen) atoms. The number of H-pyrrole nitrogens is 1. The maximum absolute atomic E-state index is 12.3. The zero-order valence-corrected chi connectivity index (χ0v) is 13.2. The van der Waals surface area contributed by atoms with Gasteiger partial charge in [-0.15, -0.1) is 11.3 Å². The van der Waals surface area contributed by atoms with Crippen LogP contribution in [0.15, 0.2) is 22.5 Å². The van der Waals surface area contributed by atoms with E-state index in [0.717, 1.165) is 16.4 Å². The summed E-state index contributed by atoms with van der Waals surface area (Å²) in [6.07, 6.45) is 1.49. The summed E-state index contributed by atoms with van der Waals surface area (Å²) in [6, 6.07) is 1.28. The first-order valence-electron chi connectivity index (χ1n) is 6.18. The van der Waals surface area contributed by atoms with Gasteiger partial charge in [-0.1, -0.05) is 0 Å². The Kier molecular flexibility index (Phi) is 4.59. The molecule has 0 aliphatic rings. The predicted molar refractivity (Wildman–Crippen MR) is 79.1 cm³/mol. The van der Waals surface area contributed by atoms with E-state index in [-0.39, 0.29) is 10.9 Å². The van der Waals surface area contributed by atoms with Crippen LogP contribution in [0.3, 0.4) is 0 Å². The lowest BCUT2D eigenvalue weighted by Crippen LogP contribution is -2.26. The first-order chi connectivity index (χ1) is 9.42. The second-order valence-electron chi connectivity index (χ2n) is 4.56. The van der Waals surface area contributed by atoms with Crippen molar-refractivity contribution in [3.8, 4) is 0 Å². The molecule has 2 aromatic rings. The van der Waals surface area contributed by atoms with Gasteiger partial charge in [0, 0.05) is 29.5 Å². The molecular formula is C12H18N4O2S2. The van der Waals surface area contributed by atoms with Crippen LogP contribution in [0.25, 0.3) is 0 Å². The molecule has 0 aliphatic heterocycles. The highest BCUT2D eigenvalue weighted by molar-refractivity contribution is 7.89. The van der Waals surface area contributed by atoms with Crippen LogP contribution in [-0.2, 0) is 16.6 Å². The molecule has 2 rings (SSSR count). The number of nitrogens with zero attached hydrogens (tertiary/aromatic N) is 1. The Hall–Kier alpha value is -1.22. The van der Waals surface area contributed by atoms with Gasteiger partial charge in [0.05, 0.1) is 10.9 Å². The minimum atomic E-state index is -3.54. The summed E-state index contributed by atoms with van der Waals surface area (Å²) < 4.78 is 27.2. The number of sulfonamides is 1. The van der Waals surface area contributed by atoms with E-state index in [1.54, 1.807) is 20.0 Å². The molecule has 0 saturated carbocycles. The van der Waals surface area contributed by atoms with E-state index >= 15 is 0 Å². The normalized spacial score (nSPS) is 13.6. The molecule has 110 valence electrons. The van der Waals surface area contributed by atoms with Gasteiger partial charge >= 0.3 is 0 Å². The smallest absolute Gasteiger partial charge is 0.242 e. The zero-order chi connectivity index (χ0) is 14.8. The summed E-state index contributed by atoms with van der Waals surface area (Å²) in [5.74, 6) is 0. The Morgan fingerprint density at radius 1 is 1.50 bits per heavy atom. The van der Waals surface area contributed by atoms with Crippen LogP contribution < -0.4 is 10.0 Å². The van der Waals surface area contributed by atoms with Crippen LogP contribution in [0, 0.1) is 6.92 Å². The predicted octanol–water partition coefficient (Wildman–Crippen LogP) is 1.54. The Morgan fingerprint density at radius 3 is 2.85 bits per heavy atom. The summed E-state index contributed by atoms with van der Waals surface area (Å²) in [4.78, 5) is 7.47. The number of thiazole rings is 1. The third-order valence-corrected chi connectivity index (χ3v) is 5.40. The van der Waals surface area contributed by atoms with Crippen LogP contribution >= 0.6 is 11.3 Å². The molecule has 0 saturated heterocycles. The van der Waals surface area contributed by atoms with E-state index < -0.39 is 10.0 Å². The summed E-state index contributed by atoms with van der Waals surface area (Å²) in [5.41, 5.74) is 1.72. The Bertz CT molecular complexity index is 675. The van der Waals surface area contributed by atoms with E-state index in [1.165, 1.54) is 17.5 Å². The SMILES string of the molecule is CNCc1cc(S(=O)(=O)NC(C)c2nc(C)cs2)c[nH]1. The van der Waals surface area contributed by atoms with Crippen molar-refractivity contribution in [1.29, 1.82) is 0 Å². The van der Waals surface area contributed by atoms with Gasteiger partial charge in [0.1, 0.15) is 5.01 Å². The number of aryl methyl sites for hydroxylation is 1. The van der Waals surface area contributed by atoms with Crippen molar-refractivity contribution in [3.63, 3.8) is 0 Å². The average Bonchev–Trinajstić information content (AvgIpc) is 2.98. The van der Waals surface area contributed by atoms with Crippen molar-refractivity contribution in [1.82, 2.24) is 20.0 Å². The molecule has 0 radical (unpaired) electrons. The van der Waals surface area contributed by atoms with Crippen molar-refractivity contribution in [2.24, 2.45) is 0 Å². The molecule has 2 heterocycles. The lowest BCUT2D eigenvalue weighted by atomic mass is 10.4. The first-order valence-corrected chi connectivity index (χ1v) is 8.55. The minimum Gasteiger partial charge on any atom is -0.363 e. The number of aromatic amines is 1. The van der Waals surface area contributed by atoms with Crippen LogP contribution in [0.1, 0.15) is 29.4 Å². The molecule has 0 aliphatic carbocycles. The Labute approximate surface area is 122 Å². The molecular weight excluding hydrogens is 296 g/mol. The van der Waals surface area contributed by atoms with Gasteiger partial charge < -0.3 is 10.3 Å². The first kappa shape index (κ1) is 15.2. The monoisotopic (exact) mass is 314 g/mol. The second-order valence-corrected chi connectivity index (χ2v) is 7.16. The second kappa shape index (κ2) is 6.04. The maximum atomic E-state index is 12.3. The van der Waals surface area contributed by atoms with Crippen LogP contribution in [-0.4, -0.2) is 25.4 Å². The fourth-order valence-electron chi connectivity index (χ4n) is 1.79. The number of hydrogen-bond donors (Lipinski definition) is 3. The number of hydrogen-bond acceptors (Lipinski definition) is 5. The fraction of sp³-hybridized carbons (Fsp3) is 0.417. The molecule has 1 unspecified atom stereocenters. The molecule has 3 N–H and O–H groups in total. The van der Waals surface area contributed by atoms with Gasteiger partial charge in [-0.2, -0.15) is 0 Å². The van der Waals surface area contributed by atoms with Crippen molar-refractivity contribution in [2.45, 2.75) is 31.3 Å². The van der Waals surface area contributed by atoms with Gasteiger partial charge in [-0.25, -0.2) is 18.1 Å². The van der Waals surface area contributed by atoms with Gasteiger partial charge in [-0.3, -0.25) is 0 Å². The van der Waals surface area contributed by atoms with E-state index in [9.17, 15) is 8.42 Å².